The first-order chi connectivity index (χ1) is 13.5. The third-order valence-corrected chi connectivity index (χ3v) is 5.64. The average molecular weight is 374 g/mol. The van der Waals surface area contributed by atoms with Gasteiger partial charge in [-0.3, -0.25) is 0 Å². The summed E-state index contributed by atoms with van der Waals surface area (Å²) in [7, 11) is 0. The first-order valence-electron chi connectivity index (χ1n) is 9.66. The molecule has 2 aliphatic rings. The molecule has 0 radical (unpaired) electrons. The van der Waals surface area contributed by atoms with E-state index < -0.39 is 0 Å². The number of nitrogens with zero attached hydrogens (tertiary/aromatic N) is 3. The molecule has 6 heteroatoms. The van der Waals surface area contributed by atoms with Gasteiger partial charge in [-0.1, -0.05) is 24.8 Å². The van der Waals surface area contributed by atoms with Crippen LogP contribution in [0.3, 0.4) is 0 Å². The van der Waals surface area contributed by atoms with Crippen LogP contribution in [0, 0.1) is 12.3 Å². The molecule has 1 fully saturated rings. The fraction of sp³-hybridized carbons (Fsp3) is 0.318. The van der Waals surface area contributed by atoms with E-state index >= 15 is 0 Å². The van der Waals surface area contributed by atoms with E-state index in [0.717, 1.165) is 5.70 Å². The summed E-state index contributed by atoms with van der Waals surface area (Å²) in [6, 6.07) is 6.86. The second-order valence-corrected chi connectivity index (χ2v) is 7.54. The van der Waals surface area contributed by atoms with Crippen molar-refractivity contribution >= 4 is 29.1 Å². The summed E-state index contributed by atoms with van der Waals surface area (Å²) in [5.74, 6) is 0.916. The Bertz CT molecular complexity index is 987. The van der Waals surface area contributed by atoms with Gasteiger partial charge in [-0.25, -0.2) is 9.97 Å². The molecule has 144 valence electrons. The highest BCUT2D eigenvalue weighted by molar-refractivity contribution is 6.04. The Balaban J connectivity index is 1.68. The van der Waals surface area contributed by atoms with Gasteiger partial charge >= 0.3 is 0 Å². The van der Waals surface area contributed by atoms with Crippen LogP contribution < -0.4 is 11.1 Å². The summed E-state index contributed by atoms with van der Waals surface area (Å²) in [5, 5.41) is 11.4. The largest absolute Gasteiger partial charge is 0.383 e. The lowest BCUT2D eigenvalue weighted by molar-refractivity contribution is 0.235. The van der Waals surface area contributed by atoms with E-state index in [9.17, 15) is 0 Å². The summed E-state index contributed by atoms with van der Waals surface area (Å²) < 4.78 is 0. The lowest BCUT2D eigenvalue weighted by Gasteiger charge is -2.44. The van der Waals surface area contributed by atoms with Crippen LogP contribution in [-0.4, -0.2) is 33.2 Å². The monoisotopic (exact) mass is 374 g/mol. The Morgan fingerprint density at radius 3 is 2.82 bits per heavy atom. The fourth-order valence-electron chi connectivity index (χ4n) is 4.06. The molecule has 1 aliphatic heterocycles. The predicted octanol–water partition coefficient (Wildman–Crippen LogP) is 4.05. The molecule has 1 aliphatic carbocycles. The van der Waals surface area contributed by atoms with Crippen LogP contribution in [0.2, 0.25) is 0 Å². The molecule has 6 nitrogen and oxygen atoms in total. The Labute approximate surface area is 165 Å². The molecule has 0 saturated heterocycles. The minimum atomic E-state index is 0.323. The maximum atomic E-state index is 8.00. The highest BCUT2D eigenvalue weighted by Gasteiger charge is 2.32. The summed E-state index contributed by atoms with van der Waals surface area (Å²) in [5.41, 5.74) is 12.8. The molecule has 0 atom stereocenters. The lowest BCUT2D eigenvalue weighted by atomic mass is 9.86. The van der Waals surface area contributed by atoms with Gasteiger partial charge in [-0.2, -0.15) is 0 Å². The lowest BCUT2D eigenvalue weighted by Crippen LogP contribution is -2.41. The molecular weight excluding hydrogens is 348 g/mol. The van der Waals surface area contributed by atoms with Crippen molar-refractivity contribution in [1.82, 2.24) is 14.9 Å². The van der Waals surface area contributed by atoms with E-state index in [1.165, 1.54) is 48.0 Å². The number of nitrogens with one attached hydrogen (secondary N) is 2. The molecule has 4 rings (SSSR count). The third kappa shape index (κ3) is 3.05. The summed E-state index contributed by atoms with van der Waals surface area (Å²) in [6.07, 6.45) is 7.30. The smallest absolute Gasteiger partial charge is 0.140 e. The van der Waals surface area contributed by atoms with Crippen LogP contribution in [0.4, 0.5) is 11.6 Å². The van der Waals surface area contributed by atoms with Gasteiger partial charge < -0.3 is 21.4 Å². The molecule has 0 amide bonds. The highest BCUT2D eigenvalue weighted by atomic mass is 15.2. The van der Waals surface area contributed by atoms with Gasteiger partial charge in [0.2, 0.25) is 0 Å². The van der Waals surface area contributed by atoms with Crippen molar-refractivity contribution in [3.8, 4) is 0 Å². The van der Waals surface area contributed by atoms with Crippen molar-refractivity contribution in [2.75, 3.05) is 17.6 Å². The molecule has 2 aromatic rings. The van der Waals surface area contributed by atoms with Crippen molar-refractivity contribution in [2.24, 2.45) is 0 Å². The summed E-state index contributed by atoms with van der Waals surface area (Å²) >= 11 is 0. The zero-order chi connectivity index (χ0) is 19.8. The fourth-order valence-corrected chi connectivity index (χ4v) is 4.06. The van der Waals surface area contributed by atoms with Gasteiger partial charge in [-0.05, 0) is 50.3 Å². The van der Waals surface area contributed by atoms with Crippen LogP contribution in [0.15, 0.2) is 36.8 Å². The predicted molar refractivity (Wildman–Crippen MR) is 115 cm³/mol. The van der Waals surface area contributed by atoms with Gasteiger partial charge in [0.1, 0.15) is 18.0 Å². The second-order valence-electron chi connectivity index (χ2n) is 7.54. The number of rotatable bonds is 5. The first-order valence-corrected chi connectivity index (χ1v) is 9.66. The number of hydrogen-bond acceptors (Lipinski definition) is 6. The summed E-state index contributed by atoms with van der Waals surface area (Å²) in [6.45, 7) is 8.86. The number of hydrogen-bond donors (Lipinski definition) is 3. The number of nitrogen functional groups attached to an aromatic ring is 1. The molecule has 1 aromatic heterocycles. The van der Waals surface area contributed by atoms with Crippen LogP contribution in [0.25, 0.3) is 11.8 Å². The SMILES string of the molecule is C=C1c2c(C)cccc2C=C(CNc2ncnc(N)c2C(C)=N)N1C1CCC1. The zero-order valence-electron chi connectivity index (χ0n) is 16.4. The third-order valence-electron chi connectivity index (χ3n) is 5.64. The Hall–Kier alpha value is -3.15. The molecule has 2 heterocycles. The summed E-state index contributed by atoms with van der Waals surface area (Å²) in [4.78, 5) is 10.7. The van der Waals surface area contributed by atoms with Crippen molar-refractivity contribution in [1.29, 1.82) is 5.41 Å². The van der Waals surface area contributed by atoms with Crippen LogP contribution in [-0.2, 0) is 0 Å². The van der Waals surface area contributed by atoms with E-state index in [2.05, 4.69) is 58.0 Å². The van der Waals surface area contributed by atoms with Gasteiger partial charge in [0.15, 0.2) is 0 Å². The van der Waals surface area contributed by atoms with E-state index in [0.29, 0.717) is 35.5 Å². The Morgan fingerprint density at radius 2 is 2.14 bits per heavy atom. The van der Waals surface area contributed by atoms with Crippen molar-refractivity contribution < 1.29 is 0 Å². The molecule has 0 bridgehead atoms. The van der Waals surface area contributed by atoms with Crippen LogP contribution >= 0.6 is 0 Å². The minimum Gasteiger partial charge on any atom is -0.383 e. The topological polar surface area (TPSA) is 90.9 Å². The van der Waals surface area contributed by atoms with Crippen LogP contribution in [0.1, 0.15) is 48.4 Å². The second kappa shape index (κ2) is 7.11. The first kappa shape index (κ1) is 18.2. The number of fused-ring (bicyclic) bond motifs is 1. The van der Waals surface area contributed by atoms with Crippen LogP contribution in [0.5, 0.6) is 0 Å². The van der Waals surface area contributed by atoms with Gasteiger partial charge in [0, 0.05) is 28.7 Å². The van der Waals surface area contributed by atoms with Crippen molar-refractivity contribution in [3.63, 3.8) is 0 Å². The van der Waals surface area contributed by atoms with E-state index in [4.69, 9.17) is 11.1 Å². The van der Waals surface area contributed by atoms with E-state index in [1.54, 1.807) is 6.92 Å². The number of aromatic nitrogens is 2. The minimum absolute atomic E-state index is 0.323. The number of benzene rings is 1. The molecule has 1 saturated carbocycles. The maximum Gasteiger partial charge on any atom is 0.140 e. The van der Waals surface area contributed by atoms with Gasteiger partial charge in [0.05, 0.1) is 12.1 Å². The normalized spacial score (nSPS) is 16.3. The number of anilines is 2. The Kier molecular flexibility index (Phi) is 4.63. The van der Waals surface area contributed by atoms with E-state index in [1.807, 2.05) is 0 Å². The van der Waals surface area contributed by atoms with Gasteiger partial charge in [0.25, 0.3) is 0 Å². The standard InChI is InChI=1S/C22H26N6/c1-13-6-4-7-16-10-18(28(15(3)19(13)16)17-8-5-9-17)11-25-22-20(14(2)23)21(24)26-12-27-22/h4,6-7,10,12,17,23H,3,5,8-9,11H2,1-2H3,(H3,24,25,26,27). The molecule has 4 N–H and O–H groups in total. The maximum absolute atomic E-state index is 8.00. The molecule has 0 spiro atoms. The molecular formula is C22H26N6. The molecule has 1 aromatic carbocycles. The highest BCUT2D eigenvalue weighted by Crippen LogP contribution is 2.40. The van der Waals surface area contributed by atoms with Crippen molar-refractivity contribution in [3.05, 3.63) is 59.1 Å². The quantitative estimate of drug-likeness (QED) is 0.687. The van der Waals surface area contributed by atoms with Crippen molar-refractivity contribution in [2.45, 2.75) is 39.2 Å². The number of aryl methyl sites for hydroxylation is 1. The molecule has 0 unspecified atom stereocenters. The zero-order valence-corrected chi connectivity index (χ0v) is 16.4. The molecule has 28 heavy (non-hydrogen) atoms. The number of nitrogens with two attached hydrogens (primary N) is 1. The average Bonchev–Trinajstić information content (AvgIpc) is 2.60. The Morgan fingerprint density at radius 1 is 1.36 bits per heavy atom. The van der Waals surface area contributed by atoms with Gasteiger partial charge in [-0.15, -0.1) is 0 Å². The van der Waals surface area contributed by atoms with E-state index in [-0.39, 0.29) is 0 Å².